The summed E-state index contributed by atoms with van der Waals surface area (Å²) in [6.07, 6.45) is -0.126. The number of benzene rings is 1. The predicted molar refractivity (Wildman–Crippen MR) is 153 cm³/mol. The van der Waals surface area contributed by atoms with Gasteiger partial charge in [-0.1, -0.05) is 23.5 Å². The molecule has 40 heavy (non-hydrogen) atoms. The van der Waals surface area contributed by atoms with Crippen LogP contribution in [0.15, 0.2) is 36.4 Å². The zero-order valence-electron chi connectivity index (χ0n) is 23.2. The third-order valence-corrected chi connectivity index (χ3v) is 7.33. The fourth-order valence-electron chi connectivity index (χ4n) is 4.49. The van der Waals surface area contributed by atoms with Crippen molar-refractivity contribution in [1.29, 1.82) is 10.5 Å². The van der Waals surface area contributed by atoms with E-state index in [-0.39, 0.29) is 32.0 Å². The van der Waals surface area contributed by atoms with E-state index in [2.05, 4.69) is 27.8 Å². The Hall–Kier alpha value is -4.48. The third kappa shape index (κ3) is 6.74. The molecule has 0 atom stereocenters. The van der Waals surface area contributed by atoms with E-state index >= 15 is 0 Å². The highest BCUT2D eigenvalue weighted by molar-refractivity contribution is 7.19. The van der Waals surface area contributed by atoms with E-state index in [1.807, 2.05) is 32.0 Å². The number of nitrogens with one attached hydrogen (secondary N) is 2. The molecular formula is C29H31N7O3S. The number of carbonyl (C=O) groups is 2. The Balaban J connectivity index is 1.54. The number of carbonyl (C=O) groups excluding carboxylic acids is 2. The summed E-state index contributed by atoms with van der Waals surface area (Å²) in [4.78, 5) is 37.2. The van der Waals surface area contributed by atoms with Crippen LogP contribution >= 0.6 is 11.3 Å². The Morgan fingerprint density at radius 3 is 2.33 bits per heavy atom. The number of ether oxygens (including phenoxy) is 1. The molecule has 1 aliphatic heterocycles. The molecule has 4 rings (SSSR count). The lowest BCUT2D eigenvalue weighted by Crippen LogP contribution is -2.56. The molecule has 2 N–H and O–H groups in total. The van der Waals surface area contributed by atoms with Gasteiger partial charge in [-0.2, -0.15) is 10.5 Å². The van der Waals surface area contributed by atoms with Crippen molar-refractivity contribution < 1.29 is 14.3 Å². The average molecular weight is 558 g/mol. The molecule has 1 aromatic carbocycles. The summed E-state index contributed by atoms with van der Waals surface area (Å²) >= 11 is 1.34. The van der Waals surface area contributed by atoms with Crippen molar-refractivity contribution in [1.82, 2.24) is 20.2 Å². The molecule has 3 heterocycles. The molecule has 0 bridgehead atoms. The van der Waals surface area contributed by atoms with Crippen LogP contribution < -0.4 is 10.6 Å². The van der Waals surface area contributed by atoms with Gasteiger partial charge in [0.1, 0.15) is 11.1 Å². The van der Waals surface area contributed by atoms with E-state index in [1.165, 1.54) is 11.3 Å². The van der Waals surface area contributed by atoms with Crippen molar-refractivity contribution in [3.05, 3.63) is 53.3 Å². The maximum absolute atomic E-state index is 13.2. The van der Waals surface area contributed by atoms with E-state index in [1.54, 1.807) is 43.9 Å². The van der Waals surface area contributed by atoms with E-state index in [9.17, 15) is 20.1 Å². The van der Waals surface area contributed by atoms with Crippen LogP contribution in [0.2, 0.25) is 0 Å². The number of rotatable bonds is 4. The van der Waals surface area contributed by atoms with Crippen molar-refractivity contribution in [2.24, 2.45) is 0 Å². The van der Waals surface area contributed by atoms with Crippen molar-refractivity contribution >= 4 is 28.6 Å². The number of aromatic nitrogens is 2. The molecule has 2 aromatic heterocycles. The summed E-state index contributed by atoms with van der Waals surface area (Å²) in [5, 5.41) is 25.2. The summed E-state index contributed by atoms with van der Waals surface area (Å²) in [6.45, 7) is 9.65. The van der Waals surface area contributed by atoms with Gasteiger partial charge in [0, 0.05) is 42.9 Å². The number of nitrogens with zero attached hydrogens (tertiary/aromatic N) is 5. The molecule has 0 saturated carbocycles. The summed E-state index contributed by atoms with van der Waals surface area (Å²) in [5.74, 6) is 0. The Morgan fingerprint density at radius 1 is 1.05 bits per heavy atom. The van der Waals surface area contributed by atoms with Crippen LogP contribution in [0.1, 0.15) is 50.6 Å². The molecule has 10 nitrogen and oxygen atoms in total. The fourth-order valence-corrected chi connectivity index (χ4v) is 5.46. The molecule has 0 spiro atoms. The lowest BCUT2D eigenvalue weighted by molar-refractivity contribution is 0.0449. The van der Waals surface area contributed by atoms with Gasteiger partial charge in [0.05, 0.1) is 28.3 Å². The highest BCUT2D eigenvalue weighted by atomic mass is 32.1. The first-order valence-corrected chi connectivity index (χ1v) is 13.7. The molecule has 206 valence electrons. The molecule has 0 aliphatic carbocycles. The molecule has 3 amide bonds. The van der Waals surface area contributed by atoms with Gasteiger partial charge < -0.3 is 15.0 Å². The molecule has 1 fully saturated rings. The second-order valence-electron chi connectivity index (χ2n) is 10.8. The molecule has 3 aromatic rings. The van der Waals surface area contributed by atoms with E-state index < -0.39 is 17.2 Å². The van der Waals surface area contributed by atoms with Gasteiger partial charge in [0.2, 0.25) is 0 Å². The van der Waals surface area contributed by atoms with Crippen molar-refractivity contribution in [2.45, 2.75) is 58.6 Å². The first kappa shape index (κ1) is 28.5. The topological polar surface area (TPSA) is 144 Å². The van der Waals surface area contributed by atoms with Crippen LogP contribution in [0.25, 0.3) is 21.7 Å². The van der Waals surface area contributed by atoms with Gasteiger partial charge in [-0.3, -0.25) is 10.3 Å². The maximum atomic E-state index is 13.2. The quantitative estimate of drug-likeness (QED) is 0.414. The van der Waals surface area contributed by atoms with Gasteiger partial charge in [-0.15, -0.1) is 0 Å². The van der Waals surface area contributed by atoms with Gasteiger partial charge in [-0.25, -0.2) is 14.6 Å². The smallest absolute Gasteiger partial charge is 0.408 e. The number of thiazole rings is 1. The lowest BCUT2D eigenvalue weighted by Gasteiger charge is -2.37. The number of urea groups is 1. The summed E-state index contributed by atoms with van der Waals surface area (Å²) in [7, 11) is 0. The molecular weight excluding hydrogens is 526 g/mol. The van der Waals surface area contributed by atoms with E-state index in [0.29, 0.717) is 16.4 Å². The van der Waals surface area contributed by atoms with Crippen molar-refractivity contribution in [3.8, 4) is 33.8 Å². The standard InChI is InChI=1S/C29H31N7O3S/c1-18-13-22(14-19(2)32-18)24-23(21-8-6-7-20(15-21)16-30)33-25(40-24)34-26(37)36-11-9-29(17-31,10-12-36)35-27(38)39-28(3,4)5/h6-8,13-15H,9-12H2,1-5H3,(H,35,38)(H,33,34,37). The SMILES string of the molecule is Cc1cc(-c2sc(NC(=O)N3CCC(C#N)(NC(=O)OC(C)(C)C)CC3)nc2-c2cccc(C#N)c2)cc(C)n1. The molecule has 1 aliphatic rings. The van der Waals surface area contributed by atoms with Gasteiger partial charge in [0.25, 0.3) is 0 Å². The highest BCUT2D eigenvalue weighted by Crippen LogP contribution is 2.40. The molecule has 1 saturated heterocycles. The first-order valence-electron chi connectivity index (χ1n) is 12.9. The summed E-state index contributed by atoms with van der Waals surface area (Å²) in [5.41, 5.74) is 2.79. The number of nitriles is 2. The van der Waals surface area contributed by atoms with Gasteiger partial charge in [-0.05, 0) is 64.4 Å². The molecule has 0 unspecified atom stereocenters. The van der Waals surface area contributed by atoms with Crippen LogP contribution in [0.3, 0.4) is 0 Å². The fraction of sp³-hybridized carbons (Fsp3) is 0.379. The second-order valence-corrected chi connectivity index (χ2v) is 11.8. The first-order chi connectivity index (χ1) is 18.9. The number of aryl methyl sites for hydroxylation is 2. The summed E-state index contributed by atoms with van der Waals surface area (Å²) < 4.78 is 5.31. The van der Waals surface area contributed by atoms with Crippen LogP contribution in [-0.2, 0) is 4.74 Å². The van der Waals surface area contributed by atoms with Crippen LogP contribution in [-0.4, -0.2) is 51.2 Å². The maximum Gasteiger partial charge on any atom is 0.408 e. The lowest BCUT2D eigenvalue weighted by atomic mass is 9.89. The monoisotopic (exact) mass is 557 g/mol. The number of piperidine rings is 1. The number of hydrogen-bond donors (Lipinski definition) is 2. The van der Waals surface area contributed by atoms with E-state index in [0.717, 1.165) is 27.4 Å². The van der Waals surface area contributed by atoms with Crippen molar-refractivity contribution in [2.75, 3.05) is 18.4 Å². The number of amides is 3. The number of likely N-dealkylation sites (tertiary alicyclic amines) is 1. The second kappa shape index (κ2) is 11.3. The number of alkyl carbamates (subject to hydrolysis) is 1. The average Bonchev–Trinajstić information content (AvgIpc) is 3.31. The number of pyridine rings is 1. The minimum Gasteiger partial charge on any atom is -0.444 e. The normalized spacial score (nSPS) is 14.5. The Morgan fingerprint density at radius 2 is 1.73 bits per heavy atom. The zero-order chi connectivity index (χ0) is 29.1. The predicted octanol–water partition coefficient (Wildman–Crippen LogP) is 5.78. The number of hydrogen-bond acceptors (Lipinski definition) is 8. The van der Waals surface area contributed by atoms with Gasteiger partial charge >= 0.3 is 12.1 Å². The van der Waals surface area contributed by atoms with Crippen molar-refractivity contribution in [3.63, 3.8) is 0 Å². The van der Waals surface area contributed by atoms with Crippen LogP contribution in [0.5, 0.6) is 0 Å². The largest absolute Gasteiger partial charge is 0.444 e. The Labute approximate surface area is 237 Å². The Kier molecular flexibility index (Phi) is 8.08. The van der Waals surface area contributed by atoms with Gasteiger partial charge in [0.15, 0.2) is 5.13 Å². The molecule has 11 heteroatoms. The highest BCUT2D eigenvalue weighted by Gasteiger charge is 2.39. The van der Waals surface area contributed by atoms with Crippen LogP contribution in [0.4, 0.5) is 14.7 Å². The molecule has 0 radical (unpaired) electrons. The summed E-state index contributed by atoms with van der Waals surface area (Å²) in [6, 6.07) is 15.1. The minimum atomic E-state index is -1.11. The third-order valence-electron chi connectivity index (χ3n) is 6.31. The Bertz CT molecular complexity index is 1500. The zero-order valence-corrected chi connectivity index (χ0v) is 24.0. The number of anilines is 1. The van der Waals surface area contributed by atoms with E-state index in [4.69, 9.17) is 9.72 Å². The minimum absolute atomic E-state index is 0.265. The van der Waals surface area contributed by atoms with Crippen LogP contribution in [0, 0.1) is 36.5 Å².